The largest absolute Gasteiger partial charge is 0.496 e. The average molecular weight is 433 g/mol. The van der Waals surface area contributed by atoms with Crippen LogP contribution >= 0.6 is 0 Å². The highest BCUT2D eigenvalue weighted by atomic mass is 16.5. The molecule has 2 heterocycles. The summed E-state index contributed by atoms with van der Waals surface area (Å²) in [4.78, 5) is 9.10. The van der Waals surface area contributed by atoms with E-state index >= 15 is 0 Å². The Labute approximate surface area is 187 Å². The molecule has 1 aromatic carbocycles. The summed E-state index contributed by atoms with van der Waals surface area (Å²) in [6, 6.07) is 8.40. The zero-order valence-electron chi connectivity index (χ0n) is 19.7. The number of methoxy groups -OCH3 is 1. The molecule has 1 N–H and O–H groups in total. The van der Waals surface area contributed by atoms with Gasteiger partial charge < -0.3 is 29.3 Å². The molecule has 2 unspecified atom stereocenters. The van der Waals surface area contributed by atoms with Crippen molar-refractivity contribution >= 4 is 5.96 Å². The third-order valence-electron chi connectivity index (χ3n) is 6.32. The highest BCUT2D eigenvalue weighted by Crippen LogP contribution is 2.27. The molecule has 174 valence electrons. The molecule has 7 nitrogen and oxygen atoms in total. The molecule has 2 atom stereocenters. The second kappa shape index (κ2) is 12.3. The maximum Gasteiger partial charge on any atom is 0.193 e. The van der Waals surface area contributed by atoms with E-state index in [9.17, 15) is 0 Å². The van der Waals surface area contributed by atoms with Gasteiger partial charge in [0.15, 0.2) is 5.96 Å². The summed E-state index contributed by atoms with van der Waals surface area (Å²) < 4.78 is 17.5. The van der Waals surface area contributed by atoms with Crippen LogP contribution in [0.1, 0.15) is 43.7 Å². The van der Waals surface area contributed by atoms with Gasteiger partial charge in [0, 0.05) is 38.9 Å². The number of aliphatic imine (C=N–C) groups is 1. The first-order valence-electron chi connectivity index (χ1n) is 11.6. The van der Waals surface area contributed by atoms with Crippen LogP contribution in [0.15, 0.2) is 29.3 Å². The number of likely N-dealkylation sites (N-methyl/N-ethyl adjacent to an activating group) is 1. The second-order valence-electron chi connectivity index (χ2n) is 8.66. The number of piperidine rings is 1. The Kier molecular flexibility index (Phi) is 9.43. The quantitative estimate of drug-likeness (QED) is 0.504. The van der Waals surface area contributed by atoms with Gasteiger partial charge in [-0.05, 0) is 52.3 Å². The van der Waals surface area contributed by atoms with Gasteiger partial charge in [-0.2, -0.15) is 0 Å². The number of likely N-dealkylation sites (tertiary alicyclic amines) is 1. The van der Waals surface area contributed by atoms with Crippen LogP contribution < -0.4 is 10.1 Å². The SMILES string of the molecule is CN=C(NCC(c1ccccc1OC)N(C)C)N1CCC(OCC2CCCCO2)CC1. The van der Waals surface area contributed by atoms with Crippen LogP contribution in [0, 0.1) is 0 Å². The second-order valence-corrected chi connectivity index (χ2v) is 8.66. The van der Waals surface area contributed by atoms with E-state index in [4.69, 9.17) is 14.2 Å². The summed E-state index contributed by atoms with van der Waals surface area (Å²) >= 11 is 0. The highest BCUT2D eigenvalue weighted by molar-refractivity contribution is 5.80. The average Bonchev–Trinajstić information content (AvgIpc) is 2.81. The summed E-state index contributed by atoms with van der Waals surface area (Å²) in [5, 5.41) is 3.59. The van der Waals surface area contributed by atoms with Crippen molar-refractivity contribution in [2.45, 2.75) is 50.4 Å². The number of ether oxygens (including phenoxy) is 3. The van der Waals surface area contributed by atoms with E-state index in [1.54, 1.807) is 7.11 Å². The van der Waals surface area contributed by atoms with Gasteiger partial charge in [0.2, 0.25) is 0 Å². The Morgan fingerprint density at radius 3 is 2.65 bits per heavy atom. The standard InChI is InChI=1S/C24H40N4O3/c1-25-24(26-17-22(27(2)3)21-10-5-6-11-23(21)29-4)28-14-12-19(13-15-28)31-18-20-9-7-8-16-30-20/h5-6,10-11,19-20,22H,7-9,12-18H2,1-4H3,(H,25,26). The van der Waals surface area contributed by atoms with E-state index in [1.807, 2.05) is 19.2 Å². The lowest BCUT2D eigenvalue weighted by atomic mass is 10.0. The third-order valence-corrected chi connectivity index (χ3v) is 6.32. The van der Waals surface area contributed by atoms with Crippen LogP contribution in [0.2, 0.25) is 0 Å². The first-order chi connectivity index (χ1) is 15.1. The van der Waals surface area contributed by atoms with Crippen LogP contribution in [-0.4, -0.2) is 89.1 Å². The van der Waals surface area contributed by atoms with E-state index < -0.39 is 0 Å². The Morgan fingerprint density at radius 1 is 1.23 bits per heavy atom. The molecule has 3 rings (SSSR count). The molecular weight excluding hydrogens is 392 g/mol. The molecule has 7 heteroatoms. The van der Waals surface area contributed by atoms with Gasteiger partial charge in [0.05, 0.1) is 32.0 Å². The van der Waals surface area contributed by atoms with E-state index in [2.05, 4.69) is 46.3 Å². The van der Waals surface area contributed by atoms with Crippen LogP contribution in [0.25, 0.3) is 0 Å². The van der Waals surface area contributed by atoms with Gasteiger partial charge in [-0.3, -0.25) is 4.99 Å². The van der Waals surface area contributed by atoms with Crippen molar-refractivity contribution in [1.82, 2.24) is 15.1 Å². The van der Waals surface area contributed by atoms with Gasteiger partial charge in [-0.15, -0.1) is 0 Å². The fourth-order valence-electron chi connectivity index (χ4n) is 4.45. The number of para-hydroxylation sites is 1. The smallest absolute Gasteiger partial charge is 0.193 e. The number of nitrogens with zero attached hydrogens (tertiary/aromatic N) is 3. The van der Waals surface area contributed by atoms with Crippen molar-refractivity contribution in [2.75, 3.05) is 61.1 Å². The number of nitrogens with one attached hydrogen (secondary N) is 1. The topological polar surface area (TPSA) is 58.6 Å². The fourth-order valence-corrected chi connectivity index (χ4v) is 4.45. The first-order valence-corrected chi connectivity index (χ1v) is 11.6. The zero-order valence-corrected chi connectivity index (χ0v) is 19.7. The lowest BCUT2D eigenvalue weighted by Gasteiger charge is -2.36. The highest BCUT2D eigenvalue weighted by Gasteiger charge is 2.25. The molecule has 0 spiro atoms. The van der Waals surface area contributed by atoms with Crippen molar-refractivity contribution in [2.24, 2.45) is 4.99 Å². The molecule has 31 heavy (non-hydrogen) atoms. The molecule has 1 aromatic rings. The Hall–Kier alpha value is -1.83. The van der Waals surface area contributed by atoms with E-state index in [-0.39, 0.29) is 6.04 Å². The number of hydrogen-bond acceptors (Lipinski definition) is 5. The first kappa shape index (κ1) is 23.8. The molecule has 2 aliphatic heterocycles. The van der Waals surface area contributed by atoms with Crippen LogP contribution in [0.4, 0.5) is 0 Å². The number of hydrogen-bond donors (Lipinski definition) is 1. The molecule has 2 saturated heterocycles. The minimum Gasteiger partial charge on any atom is -0.496 e. The van der Waals surface area contributed by atoms with Crippen molar-refractivity contribution in [3.05, 3.63) is 29.8 Å². The zero-order chi connectivity index (χ0) is 22.1. The Balaban J connectivity index is 1.48. The molecule has 0 aromatic heterocycles. The molecule has 0 saturated carbocycles. The van der Waals surface area contributed by atoms with Crippen LogP contribution in [0.3, 0.4) is 0 Å². The van der Waals surface area contributed by atoms with Gasteiger partial charge >= 0.3 is 0 Å². The van der Waals surface area contributed by atoms with E-state index in [1.165, 1.54) is 18.4 Å². The lowest BCUT2D eigenvalue weighted by molar-refractivity contribution is -0.0721. The molecule has 0 bridgehead atoms. The van der Waals surface area contributed by atoms with Crippen LogP contribution in [-0.2, 0) is 9.47 Å². The van der Waals surface area contributed by atoms with Gasteiger partial charge in [-0.25, -0.2) is 0 Å². The van der Waals surface area contributed by atoms with Gasteiger partial charge in [0.25, 0.3) is 0 Å². The normalized spacial score (nSPS) is 21.9. The predicted octanol–water partition coefficient (Wildman–Crippen LogP) is 2.92. The number of guanidine groups is 1. The number of rotatable bonds is 8. The minimum absolute atomic E-state index is 0.185. The number of benzene rings is 1. The van der Waals surface area contributed by atoms with Crippen LogP contribution in [0.5, 0.6) is 5.75 Å². The molecule has 0 aliphatic carbocycles. The Bertz CT molecular complexity index is 683. The van der Waals surface area contributed by atoms with Crippen molar-refractivity contribution in [1.29, 1.82) is 0 Å². The summed E-state index contributed by atoms with van der Waals surface area (Å²) in [7, 11) is 7.78. The van der Waals surface area contributed by atoms with E-state index in [0.29, 0.717) is 12.2 Å². The predicted molar refractivity (Wildman–Crippen MR) is 125 cm³/mol. The molecule has 2 fully saturated rings. The fraction of sp³-hybridized carbons (Fsp3) is 0.708. The third kappa shape index (κ3) is 6.82. The van der Waals surface area contributed by atoms with Gasteiger partial charge in [0.1, 0.15) is 5.75 Å². The van der Waals surface area contributed by atoms with E-state index in [0.717, 1.165) is 63.8 Å². The van der Waals surface area contributed by atoms with Crippen molar-refractivity contribution in [3.63, 3.8) is 0 Å². The summed E-state index contributed by atoms with van der Waals surface area (Å²) in [5.41, 5.74) is 1.18. The molecular formula is C24H40N4O3. The summed E-state index contributed by atoms with van der Waals surface area (Å²) in [6.07, 6.45) is 6.24. The monoisotopic (exact) mass is 432 g/mol. The molecule has 0 radical (unpaired) electrons. The minimum atomic E-state index is 0.185. The maximum atomic E-state index is 6.16. The van der Waals surface area contributed by atoms with Crippen molar-refractivity contribution < 1.29 is 14.2 Å². The molecule has 0 amide bonds. The summed E-state index contributed by atoms with van der Waals surface area (Å²) in [5.74, 6) is 1.87. The Morgan fingerprint density at radius 2 is 2.00 bits per heavy atom. The lowest BCUT2D eigenvalue weighted by Crippen LogP contribution is -2.48. The molecule has 2 aliphatic rings. The summed E-state index contributed by atoms with van der Waals surface area (Å²) in [6.45, 7) is 4.29. The van der Waals surface area contributed by atoms with Crippen molar-refractivity contribution in [3.8, 4) is 5.75 Å². The maximum absolute atomic E-state index is 6.16. The van der Waals surface area contributed by atoms with Gasteiger partial charge in [-0.1, -0.05) is 18.2 Å².